The molecule has 236 valence electrons. The summed E-state index contributed by atoms with van der Waals surface area (Å²) in [4.78, 5) is 49.5. The molecule has 12 heteroatoms. The fourth-order valence-electron chi connectivity index (χ4n) is 4.99. The molecule has 0 saturated carbocycles. The Bertz CT molecular complexity index is 1220. The molecule has 2 atom stereocenters. The molecular weight excluding hydrogens is 572 g/mol. The fourth-order valence-corrected chi connectivity index (χ4v) is 4.99. The number of aliphatic carboxylic acids is 2. The van der Waals surface area contributed by atoms with Crippen molar-refractivity contribution in [3.05, 3.63) is 95.2 Å². The molecule has 2 aliphatic heterocycles. The van der Waals surface area contributed by atoms with Gasteiger partial charge in [-0.05, 0) is 85.7 Å². The van der Waals surface area contributed by atoms with Crippen molar-refractivity contribution in [3.63, 3.8) is 0 Å². The van der Waals surface area contributed by atoms with Crippen LogP contribution in [0.1, 0.15) is 25.7 Å². The quantitative estimate of drug-likeness (QED) is 0.374. The topological polar surface area (TPSA) is 152 Å². The van der Waals surface area contributed by atoms with E-state index in [-0.39, 0.29) is 34.6 Å². The molecule has 0 aromatic heterocycles. The predicted octanol–water partition coefficient (Wildman–Crippen LogP) is 3.24. The van der Waals surface area contributed by atoms with Crippen LogP contribution in [0, 0.1) is 0 Å². The van der Waals surface area contributed by atoms with Crippen LogP contribution in [-0.2, 0) is 38.1 Å². The number of carboxylic acid groups (broad SMARTS) is 2. The summed E-state index contributed by atoms with van der Waals surface area (Å²) in [6, 6.07) is -0.921. The Kier molecular flexibility index (Phi) is 12.2. The van der Waals surface area contributed by atoms with E-state index in [4.69, 9.17) is 29.2 Å². The van der Waals surface area contributed by atoms with Gasteiger partial charge in [0.15, 0.2) is 23.0 Å². The molecule has 0 spiro atoms. The lowest BCUT2D eigenvalue weighted by Gasteiger charge is -2.18. The lowest BCUT2D eigenvalue weighted by molar-refractivity contribution is -0.142. The van der Waals surface area contributed by atoms with Gasteiger partial charge in [0.1, 0.15) is 12.1 Å². The van der Waals surface area contributed by atoms with Crippen LogP contribution in [0.4, 0.5) is 0 Å². The van der Waals surface area contributed by atoms with Gasteiger partial charge in [-0.1, -0.05) is 12.2 Å². The zero-order chi connectivity index (χ0) is 32.2. The molecule has 0 aromatic rings. The van der Waals surface area contributed by atoms with Gasteiger partial charge in [0.05, 0.1) is 28.4 Å². The molecule has 0 bridgehead atoms. The Morgan fingerprint density at radius 1 is 0.659 bits per heavy atom. The maximum absolute atomic E-state index is 11.8. The molecule has 2 heterocycles. The number of carbonyl (C=O) groups is 4. The van der Waals surface area contributed by atoms with Gasteiger partial charge in [-0.15, -0.1) is 0 Å². The molecule has 44 heavy (non-hydrogen) atoms. The maximum atomic E-state index is 11.8. The van der Waals surface area contributed by atoms with Gasteiger partial charge in [0, 0.05) is 13.1 Å². The number of ether oxygens (including phenoxy) is 4. The van der Waals surface area contributed by atoms with Crippen molar-refractivity contribution in [2.45, 2.75) is 37.8 Å². The molecule has 2 unspecified atom stereocenters. The predicted molar refractivity (Wildman–Crippen MR) is 160 cm³/mol. The number of carboxylic acids is 2. The van der Waals surface area contributed by atoms with Crippen molar-refractivity contribution in [2.24, 2.45) is 0 Å². The third-order valence-corrected chi connectivity index (χ3v) is 7.26. The lowest BCUT2D eigenvalue weighted by Crippen LogP contribution is -2.31. The Balaban J connectivity index is 0.000000240. The first-order valence-corrected chi connectivity index (χ1v) is 14.0. The molecule has 4 aliphatic rings. The van der Waals surface area contributed by atoms with Gasteiger partial charge in [-0.3, -0.25) is 9.59 Å². The van der Waals surface area contributed by atoms with Gasteiger partial charge >= 0.3 is 11.9 Å². The molecule has 12 nitrogen and oxygen atoms in total. The Morgan fingerprint density at radius 3 is 1.25 bits per heavy atom. The zero-order valence-corrected chi connectivity index (χ0v) is 25.2. The van der Waals surface area contributed by atoms with E-state index in [2.05, 4.69) is 0 Å². The summed E-state index contributed by atoms with van der Waals surface area (Å²) in [6.07, 6.45) is 20.1. The summed E-state index contributed by atoms with van der Waals surface area (Å²) in [6.45, 7) is 1.46. The number of hydrogen-bond acceptors (Lipinski definition) is 10. The second-order valence-electron chi connectivity index (χ2n) is 9.99. The first-order valence-electron chi connectivity index (χ1n) is 14.0. The summed E-state index contributed by atoms with van der Waals surface area (Å²) in [5.74, 6) is -1.35. The van der Waals surface area contributed by atoms with E-state index in [1.54, 1.807) is 70.8 Å². The van der Waals surface area contributed by atoms with Crippen LogP contribution in [0.2, 0.25) is 0 Å². The average molecular weight is 611 g/mol. The molecule has 2 N–H and O–H groups in total. The van der Waals surface area contributed by atoms with E-state index in [1.807, 2.05) is 0 Å². The van der Waals surface area contributed by atoms with Gasteiger partial charge in [0.2, 0.25) is 0 Å². The molecule has 2 saturated heterocycles. The Hall–Kier alpha value is -5.00. The smallest absolute Gasteiger partial charge is 0.326 e. The van der Waals surface area contributed by atoms with Crippen LogP contribution in [0.5, 0.6) is 0 Å². The SMILES string of the molecule is COC1=CC(=C/C=C/N2CCCC2C(=O)O)C=C(OC)C1=O.COC1=CC(=CC=CN2CCCC2C(=O)O)C=C(OC)C1=O. The van der Waals surface area contributed by atoms with E-state index in [0.717, 1.165) is 37.1 Å². The van der Waals surface area contributed by atoms with Crippen LogP contribution >= 0.6 is 0 Å². The second-order valence-corrected chi connectivity index (χ2v) is 9.99. The van der Waals surface area contributed by atoms with Gasteiger partial charge in [-0.2, -0.15) is 0 Å². The largest absolute Gasteiger partial charge is 0.492 e. The standard InChI is InChI=1S/2C16H19NO5/c2*1-21-13-9-11(10-14(22-2)15(13)18)5-3-7-17-8-4-6-12(17)16(19)20/h2*3,5,7,9-10,12H,4,6,8H2,1-2H3,(H,19,20)/b7-3+;. The van der Waals surface area contributed by atoms with Crippen molar-refractivity contribution in [1.29, 1.82) is 0 Å². The molecular formula is C32H38N2O10. The number of likely N-dealkylation sites (tertiary alicyclic amines) is 2. The first-order chi connectivity index (χ1) is 21.1. The normalized spacial score (nSPS) is 21.7. The fraction of sp³-hybridized carbons (Fsp3) is 0.375. The molecule has 0 amide bonds. The number of methoxy groups -OCH3 is 4. The summed E-state index contributed by atoms with van der Waals surface area (Å²) in [7, 11) is 5.71. The number of nitrogens with zero attached hydrogens (tertiary/aromatic N) is 2. The van der Waals surface area contributed by atoms with Crippen LogP contribution in [0.15, 0.2) is 95.2 Å². The lowest BCUT2D eigenvalue weighted by atomic mass is 10.1. The summed E-state index contributed by atoms with van der Waals surface area (Å²) < 4.78 is 20.1. The number of ketones is 2. The van der Waals surface area contributed by atoms with E-state index >= 15 is 0 Å². The third kappa shape index (κ3) is 8.52. The van der Waals surface area contributed by atoms with E-state index < -0.39 is 24.0 Å². The van der Waals surface area contributed by atoms with Crippen LogP contribution in [0.25, 0.3) is 0 Å². The maximum Gasteiger partial charge on any atom is 0.326 e. The van der Waals surface area contributed by atoms with E-state index in [9.17, 15) is 19.2 Å². The van der Waals surface area contributed by atoms with Crippen LogP contribution in [-0.4, -0.2) is 97.1 Å². The van der Waals surface area contributed by atoms with Gasteiger partial charge in [-0.25, -0.2) is 9.59 Å². The van der Waals surface area contributed by atoms with Gasteiger partial charge in [0.25, 0.3) is 11.6 Å². The van der Waals surface area contributed by atoms with E-state index in [1.165, 1.54) is 28.4 Å². The summed E-state index contributed by atoms with van der Waals surface area (Å²) >= 11 is 0. The molecule has 4 rings (SSSR count). The highest BCUT2D eigenvalue weighted by Crippen LogP contribution is 2.22. The van der Waals surface area contributed by atoms with Crippen molar-refractivity contribution < 1.29 is 48.3 Å². The minimum absolute atomic E-state index is 0.212. The molecule has 2 aliphatic carbocycles. The van der Waals surface area contributed by atoms with Crippen molar-refractivity contribution in [3.8, 4) is 0 Å². The van der Waals surface area contributed by atoms with Crippen molar-refractivity contribution >= 4 is 23.5 Å². The monoisotopic (exact) mass is 610 g/mol. The third-order valence-electron chi connectivity index (χ3n) is 7.26. The minimum atomic E-state index is -0.804. The minimum Gasteiger partial charge on any atom is -0.492 e. The highest BCUT2D eigenvalue weighted by Gasteiger charge is 2.29. The summed E-state index contributed by atoms with van der Waals surface area (Å²) in [5, 5.41) is 18.2. The highest BCUT2D eigenvalue weighted by atomic mass is 16.5. The number of hydrogen-bond donors (Lipinski definition) is 2. The molecule has 2 fully saturated rings. The highest BCUT2D eigenvalue weighted by molar-refractivity contribution is 6.08. The number of rotatable bonds is 10. The molecule has 0 radical (unpaired) electrons. The van der Waals surface area contributed by atoms with Crippen LogP contribution < -0.4 is 0 Å². The molecule has 0 aromatic carbocycles. The number of allylic oxidation sites excluding steroid dienone is 10. The Labute approximate surface area is 256 Å². The van der Waals surface area contributed by atoms with Crippen molar-refractivity contribution in [2.75, 3.05) is 41.5 Å². The van der Waals surface area contributed by atoms with Crippen molar-refractivity contribution in [1.82, 2.24) is 9.80 Å². The zero-order valence-electron chi connectivity index (χ0n) is 25.2. The second kappa shape index (κ2) is 16.0. The Morgan fingerprint density at radius 2 is 0.977 bits per heavy atom. The van der Waals surface area contributed by atoms with E-state index in [0.29, 0.717) is 12.8 Å². The average Bonchev–Trinajstić information content (AvgIpc) is 3.69. The summed E-state index contributed by atoms with van der Waals surface area (Å²) in [5.41, 5.74) is 1.49. The van der Waals surface area contributed by atoms with Crippen LogP contribution in [0.3, 0.4) is 0 Å². The first kappa shape index (κ1) is 33.5. The number of carbonyl (C=O) groups excluding carboxylic acids is 2. The number of Topliss-reactive ketones (excluding diaryl/α,β-unsaturated/α-hetero) is 2. The van der Waals surface area contributed by atoms with Gasteiger partial charge < -0.3 is 39.0 Å².